The molecule has 20 heavy (non-hydrogen) atoms. The molecule has 0 spiro atoms. The number of hydrogen-bond donors (Lipinski definition) is 2. The third-order valence-corrected chi connectivity index (χ3v) is 3.34. The standard InChI is InChI=1S/C15H19NO4/c17-14(7-3-4-8-15(18)19)16-12-9-10-20-13-6-2-1-5-11(12)13/h1-2,5-6,12H,3-4,7-10H2,(H,16,17)(H,18,19). The molecule has 0 aromatic heterocycles. The van der Waals surface area contributed by atoms with E-state index in [-0.39, 0.29) is 18.4 Å². The Balaban J connectivity index is 1.82. The summed E-state index contributed by atoms with van der Waals surface area (Å²) in [7, 11) is 0. The molecule has 1 aliphatic rings. The average molecular weight is 277 g/mol. The lowest BCUT2D eigenvalue weighted by molar-refractivity contribution is -0.137. The van der Waals surface area contributed by atoms with Crippen molar-refractivity contribution in [3.8, 4) is 5.75 Å². The highest BCUT2D eigenvalue weighted by atomic mass is 16.5. The van der Waals surface area contributed by atoms with Crippen molar-refractivity contribution in [3.63, 3.8) is 0 Å². The number of para-hydroxylation sites is 1. The second-order valence-corrected chi connectivity index (χ2v) is 4.90. The van der Waals surface area contributed by atoms with Crippen molar-refractivity contribution in [2.24, 2.45) is 0 Å². The van der Waals surface area contributed by atoms with Gasteiger partial charge in [-0.3, -0.25) is 9.59 Å². The summed E-state index contributed by atoms with van der Waals surface area (Å²) in [5.74, 6) is -0.0178. The molecule has 1 aliphatic heterocycles. The average Bonchev–Trinajstić information content (AvgIpc) is 2.44. The van der Waals surface area contributed by atoms with E-state index in [0.717, 1.165) is 17.7 Å². The number of carbonyl (C=O) groups excluding carboxylic acids is 1. The van der Waals surface area contributed by atoms with Gasteiger partial charge < -0.3 is 15.2 Å². The van der Waals surface area contributed by atoms with Crippen molar-refractivity contribution in [3.05, 3.63) is 29.8 Å². The number of benzene rings is 1. The first-order chi connectivity index (χ1) is 9.66. The van der Waals surface area contributed by atoms with Crippen LogP contribution in [-0.2, 0) is 9.59 Å². The van der Waals surface area contributed by atoms with Crippen LogP contribution in [0.2, 0.25) is 0 Å². The maximum absolute atomic E-state index is 11.9. The number of aliphatic carboxylic acids is 1. The summed E-state index contributed by atoms with van der Waals surface area (Å²) >= 11 is 0. The van der Waals surface area contributed by atoms with Crippen LogP contribution in [-0.4, -0.2) is 23.6 Å². The summed E-state index contributed by atoms with van der Waals surface area (Å²) in [5, 5.41) is 11.5. The summed E-state index contributed by atoms with van der Waals surface area (Å²) in [5.41, 5.74) is 1.01. The zero-order valence-corrected chi connectivity index (χ0v) is 11.3. The van der Waals surface area contributed by atoms with Crippen LogP contribution in [0, 0.1) is 0 Å². The highest BCUT2D eigenvalue weighted by Gasteiger charge is 2.22. The Labute approximate surface area is 117 Å². The Morgan fingerprint density at radius 2 is 2.00 bits per heavy atom. The summed E-state index contributed by atoms with van der Waals surface area (Å²) in [6, 6.07) is 7.70. The Morgan fingerprint density at radius 3 is 2.80 bits per heavy atom. The summed E-state index contributed by atoms with van der Waals surface area (Å²) in [6.07, 6.45) is 2.38. The molecule has 0 aliphatic carbocycles. The number of hydrogen-bond acceptors (Lipinski definition) is 3. The van der Waals surface area contributed by atoms with Crippen LogP contribution in [0.4, 0.5) is 0 Å². The molecule has 1 unspecified atom stereocenters. The first-order valence-electron chi connectivity index (χ1n) is 6.89. The van der Waals surface area contributed by atoms with E-state index in [1.807, 2.05) is 24.3 Å². The zero-order chi connectivity index (χ0) is 14.4. The van der Waals surface area contributed by atoms with Crippen molar-refractivity contribution in [1.82, 2.24) is 5.32 Å². The lowest BCUT2D eigenvalue weighted by Gasteiger charge is -2.26. The molecule has 1 aromatic rings. The van der Waals surface area contributed by atoms with Gasteiger partial charge in [0, 0.05) is 24.8 Å². The molecule has 108 valence electrons. The minimum Gasteiger partial charge on any atom is -0.493 e. The van der Waals surface area contributed by atoms with Gasteiger partial charge in [-0.1, -0.05) is 18.2 Å². The Hall–Kier alpha value is -2.04. The minimum absolute atomic E-state index is 0.00748. The van der Waals surface area contributed by atoms with Crippen molar-refractivity contribution in [2.45, 2.75) is 38.1 Å². The Bertz CT molecular complexity index is 487. The number of carboxylic acid groups (broad SMARTS) is 1. The van der Waals surface area contributed by atoms with Crippen LogP contribution in [0.15, 0.2) is 24.3 Å². The predicted molar refractivity (Wildman–Crippen MR) is 73.5 cm³/mol. The lowest BCUT2D eigenvalue weighted by atomic mass is 10.0. The molecule has 1 heterocycles. The molecule has 0 radical (unpaired) electrons. The first kappa shape index (κ1) is 14.4. The molecule has 2 N–H and O–H groups in total. The van der Waals surface area contributed by atoms with Crippen LogP contribution in [0.25, 0.3) is 0 Å². The van der Waals surface area contributed by atoms with Gasteiger partial charge in [-0.25, -0.2) is 0 Å². The van der Waals surface area contributed by atoms with Crippen LogP contribution in [0.5, 0.6) is 5.75 Å². The largest absolute Gasteiger partial charge is 0.493 e. The van der Waals surface area contributed by atoms with Crippen LogP contribution >= 0.6 is 0 Å². The summed E-state index contributed by atoms with van der Waals surface area (Å²) in [4.78, 5) is 22.3. The third kappa shape index (κ3) is 3.98. The minimum atomic E-state index is -0.816. The van der Waals surface area contributed by atoms with Crippen LogP contribution in [0.3, 0.4) is 0 Å². The SMILES string of the molecule is O=C(O)CCCCC(=O)NC1CCOc2ccccc21. The van der Waals surface area contributed by atoms with Gasteiger partial charge in [0.1, 0.15) is 5.75 Å². The van der Waals surface area contributed by atoms with Gasteiger partial charge in [0.15, 0.2) is 0 Å². The first-order valence-corrected chi connectivity index (χ1v) is 6.89. The molecule has 2 rings (SSSR count). The molecule has 5 heteroatoms. The summed E-state index contributed by atoms with van der Waals surface area (Å²) < 4.78 is 5.54. The van der Waals surface area contributed by atoms with E-state index in [0.29, 0.717) is 25.9 Å². The van der Waals surface area contributed by atoms with E-state index in [2.05, 4.69) is 5.32 Å². The van der Waals surface area contributed by atoms with Crippen molar-refractivity contribution >= 4 is 11.9 Å². The van der Waals surface area contributed by atoms with Gasteiger partial charge in [0.2, 0.25) is 5.91 Å². The van der Waals surface area contributed by atoms with Gasteiger partial charge in [-0.05, 0) is 18.9 Å². The van der Waals surface area contributed by atoms with E-state index in [4.69, 9.17) is 9.84 Å². The number of amides is 1. The van der Waals surface area contributed by atoms with Crippen LogP contribution < -0.4 is 10.1 Å². The molecular formula is C15H19NO4. The maximum atomic E-state index is 11.9. The highest BCUT2D eigenvalue weighted by molar-refractivity contribution is 5.76. The number of nitrogens with one attached hydrogen (secondary N) is 1. The van der Waals surface area contributed by atoms with E-state index in [1.165, 1.54) is 0 Å². The van der Waals surface area contributed by atoms with E-state index in [9.17, 15) is 9.59 Å². The topological polar surface area (TPSA) is 75.6 Å². The number of unbranched alkanes of at least 4 members (excludes halogenated alkanes) is 1. The van der Waals surface area contributed by atoms with Gasteiger partial charge in [0.05, 0.1) is 12.6 Å². The smallest absolute Gasteiger partial charge is 0.303 e. The molecule has 1 amide bonds. The Kier molecular flexibility index (Phi) is 4.98. The van der Waals surface area contributed by atoms with Crippen molar-refractivity contribution < 1.29 is 19.4 Å². The van der Waals surface area contributed by atoms with Crippen molar-refractivity contribution in [1.29, 1.82) is 0 Å². The third-order valence-electron chi connectivity index (χ3n) is 3.34. The van der Waals surface area contributed by atoms with Gasteiger partial charge in [-0.2, -0.15) is 0 Å². The number of carbonyl (C=O) groups is 2. The van der Waals surface area contributed by atoms with Gasteiger partial charge >= 0.3 is 5.97 Å². The number of fused-ring (bicyclic) bond motifs is 1. The molecular weight excluding hydrogens is 258 g/mol. The molecule has 5 nitrogen and oxygen atoms in total. The molecule has 1 atom stereocenters. The van der Waals surface area contributed by atoms with E-state index < -0.39 is 5.97 Å². The molecule has 0 saturated carbocycles. The van der Waals surface area contributed by atoms with E-state index >= 15 is 0 Å². The van der Waals surface area contributed by atoms with E-state index in [1.54, 1.807) is 0 Å². The molecule has 0 fully saturated rings. The van der Waals surface area contributed by atoms with Crippen LogP contribution in [0.1, 0.15) is 43.7 Å². The van der Waals surface area contributed by atoms with Crippen molar-refractivity contribution in [2.75, 3.05) is 6.61 Å². The fourth-order valence-corrected chi connectivity index (χ4v) is 2.32. The molecule has 1 aromatic carbocycles. The Morgan fingerprint density at radius 1 is 1.25 bits per heavy atom. The second-order valence-electron chi connectivity index (χ2n) is 4.90. The second kappa shape index (κ2) is 6.93. The fourth-order valence-electron chi connectivity index (χ4n) is 2.32. The summed E-state index contributed by atoms with van der Waals surface area (Å²) in [6.45, 7) is 0.598. The van der Waals surface area contributed by atoms with Gasteiger partial charge in [-0.15, -0.1) is 0 Å². The highest BCUT2D eigenvalue weighted by Crippen LogP contribution is 2.31. The monoisotopic (exact) mass is 277 g/mol. The predicted octanol–water partition coefficient (Wildman–Crippen LogP) is 2.27. The number of rotatable bonds is 6. The molecule has 0 bridgehead atoms. The van der Waals surface area contributed by atoms with Gasteiger partial charge in [0.25, 0.3) is 0 Å². The number of ether oxygens (including phenoxy) is 1. The quantitative estimate of drug-likeness (QED) is 0.782. The molecule has 0 saturated heterocycles. The zero-order valence-electron chi connectivity index (χ0n) is 11.3. The normalized spacial score (nSPS) is 16.9. The number of carboxylic acids is 1. The lowest BCUT2D eigenvalue weighted by Crippen LogP contribution is -2.31. The maximum Gasteiger partial charge on any atom is 0.303 e. The fraction of sp³-hybridized carbons (Fsp3) is 0.467.